The van der Waals surface area contributed by atoms with Gasteiger partial charge in [0.15, 0.2) is 0 Å². The predicted molar refractivity (Wildman–Crippen MR) is 52.8 cm³/mol. The van der Waals surface area contributed by atoms with Crippen molar-refractivity contribution in [2.45, 2.75) is 12.5 Å². The number of nitrogens with two attached hydrogens (primary N) is 1. The van der Waals surface area contributed by atoms with E-state index in [0.717, 1.165) is 6.07 Å². The summed E-state index contributed by atoms with van der Waals surface area (Å²) in [6.45, 7) is 1.32. The van der Waals surface area contributed by atoms with Crippen LogP contribution in [0.2, 0.25) is 0 Å². The molecule has 0 spiro atoms. The summed E-state index contributed by atoms with van der Waals surface area (Å²) in [4.78, 5) is 10.7. The van der Waals surface area contributed by atoms with Gasteiger partial charge in [0.25, 0.3) is 0 Å². The molecule has 0 aliphatic heterocycles. The fourth-order valence-corrected chi connectivity index (χ4v) is 0.935. The van der Waals surface area contributed by atoms with Gasteiger partial charge in [-0.15, -0.1) is 12.4 Å². The molecule has 1 aromatic carbocycles. The molecule has 3 N–H and O–H groups in total. The maximum Gasteiger partial charge on any atom is 0.328 e. The van der Waals surface area contributed by atoms with Crippen molar-refractivity contribution in [3.8, 4) is 0 Å². The Bertz CT molecular complexity index is 341. The van der Waals surface area contributed by atoms with E-state index in [4.69, 9.17) is 10.8 Å². The van der Waals surface area contributed by atoms with E-state index in [1.807, 2.05) is 0 Å². The van der Waals surface area contributed by atoms with Gasteiger partial charge in [-0.25, -0.2) is 9.18 Å². The van der Waals surface area contributed by atoms with Crippen molar-refractivity contribution in [2.75, 3.05) is 0 Å². The second kappa shape index (κ2) is 4.39. The first-order valence-corrected chi connectivity index (χ1v) is 3.73. The van der Waals surface area contributed by atoms with Gasteiger partial charge in [-0.2, -0.15) is 0 Å². The van der Waals surface area contributed by atoms with Crippen molar-refractivity contribution in [3.05, 3.63) is 35.6 Å². The van der Waals surface area contributed by atoms with E-state index in [0.29, 0.717) is 0 Å². The van der Waals surface area contributed by atoms with Crippen LogP contribution in [0.3, 0.4) is 0 Å². The molecule has 0 saturated heterocycles. The number of carboxylic acids is 1. The second-order valence-corrected chi connectivity index (χ2v) is 3.02. The Morgan fingerprint density at radius 3 is 2.57 bits per heavy atom. The van der Waals surface area contributed by atoms with Gasteiger partial charge in [0.05, 0.1) is 0 Å². The van der Waals surface area contributed by atoms with Crippen LogP contribution in [0.1, 0.15) is 12.5 Å². The monoisotopic (exact) mass is 219 g/mol. The third-order valence-corrected chi connectivity index (χ3v) is 1.87. The molecule has 14 heavy (non-hydrogen) atoms. The third-order valence-electron chi connectivity index (χ3n) is 1.87. The van der Waals surface area contributed by atoms with E-state index in [1.54, 1.807) is 0 Å². The van der Waals surface area contributed by atoms with Gasteiger partial charge in [-0.05, 0) is 24.6 Å². The molecule has 1 atom stereocenters. The SMILES string of the molecule is CC(N)(C(=O)O)c1cccc(F)c1.Cl. The molecule has 0 fully saturated rings. The first kappa shape index (κ1) is 12.9. The Hall–Kier alpha value is -1.13. The van der Waals surface area contributed by atoms with Crippen molar-refractivity contribution >= 4 is 18.4 Å². The molecule has 1 rings (SSSR count). The first-order chi connectivity index (χ1) is 5.94. The molecular formula is C9H11ClFNO2. The molecule has 0 amide bonds. The van der Waals surface area contributed by atoms with Crippen LogP contribution in [0.15, 0.2) is 24.3 Å². The molecule has 1 unspecified atom stereocenters. The lowest BCUT2D eigenvalue weighted by molar-refractivity contribution is -0.143. The Morgan fingerprint density at radius 2 is 2.14 bits per heavy atom. The molecule has 0 bridgehead atoms. The van der Waals surface area contributed by atoms with Crippen LogP contribution in [0.25, 0.3) is 0 Å². The summed E-state index contributed by atoms with van der Waals surface area (Å²) in [5, 5.41) is 8.74. The van der Waals surface area contributed by atoms with E-state index >= 15 is 0 Å². The quantitative estimate of drug-likeness (QED) is 0.793. The summed E-state index contributed by atoms with van der Waals surface area (Å²) in [5.74, 6) is -1.67. The number of rotatable bonds is 2. The lowest BCUT2D eigenvalue weighted by Gasteiger charge is -2.19. The summed E-state index contributed by atoms with van der Waals surface area (Å²) in [7, 11) is 0. The van der Waals surface area contributed by atoms with Crippen LogP contribution < -0.4 is 5.73 Å². The van der Waals surface area contributed by atoms with E-state index in [2.05, 4.69) is 0 Å². The molecule has 0 heterocycles. The standard InChI is InChI=1S/C9H10FNO2.ClH/c1-9(11,8(12)13)6-3-2-4-7(10)5-6;/h2-5H,11H2,1H3,(H,12,13);1H. The zero-order valence-electron chi connectivity index (χ0n) is 7.53. The number of halogens is 2. The molecule has 5 heteroatoms. The molecule has 3 nitrogen and oxygen atoms in total. The van der Waals surface area contributed by atoms with Crippen molar-refractivity contribution in [1.29, 1.82) is 0 Å². The maximum atomic E-state index is 12.7. The topological polar surface area (TPSA) is 63.3 Å². The molecule has 1 aromatic rings. The number of aliphatic carboxylic acids is 1. The van der Waals surface area contributed by atoms with Crippen LogP contribution >= 0.6 is 12.4 Å². The molecule has 0 aliphatic rings. The third kappa shape index (κ3) is 2.43. The Kier molecular flexibility index (Phi) is 4.04. The van der Waals surface area contributed by atoms with Gasteiger partial charge in [-0.3, -0.25) is 0 Å². The van der Waals surface area contributed by atoms with E-state index < -0.39 is 17.3 Å². The van der Waals surface area contributed by atoms with Crippen molar-refractivity contribution < 1.29 is 14.3 Å². The lowest BCUT2D eigenvalue weighted by atomic mass is 9.93. The van der Waals surface area contributed by atoms with Crippen LogP contribution in [0.5, 0.6) is 0 Å². The fourth-order valence-electron chi connectivity index (χ4n) is 0.935. The molecule has 0 saturated carbocycles. The average molecular weight is 220 g/mol. The molecule has 0 aromatic heterocycles. The van der Waals surface area contributed by atoms with E-state index in [-0.39, 0.29) is 18.0 Å². The van der Waals surface area contributed by atoms with Gasteiger partial charge < -0.3 is 10.8 Å². The predicted octanol–water partition coefficient (Wildman–Crippen LogP) is 1.51. The zero-order valence-corrected chi connectivity index (χ0v) is 8.34. The van der Waals surface area contributed by atoms with E-state index in [1.165, 1.54) is 25.1 Å². The van der Waals surface area contributed by atoms with Crippen molar-refractivity contribution in [1.82, 2.24) is 0 Å². The van der Waals surface area contributed by atoms with Gasteiger partial charge in [-0.1, -0.05) is 12.1 Å². The second-order valence-electron chi connectivity index (χ2n) is 3.02. The Morgan fingerprint density at radius 1 is 1.57 bits per heavy atom. The summed E-state index contributed by atoms with van der Waals surface area (Å²) in [6.07, 6.45) is 0. The van der Waals surface area contributed by atoms with Crippen molar-refractivity contribution in [2.24, 2.45) is 5.73 Å². The molecule has 78 valence electrons. The largest absolute Gasteiger partial charge is 0.480 e. The maximum absolute atomic E-state index is 12.7. The van der Waals surface area contributed by atoms with Gasteiger partial charge in [0.1, 0.15) is 11.4 Å². The van der Waals surface area contributed by atoms with Gasteiger partial charge >= 0.3 is 5.97 Å². The molecular weight excluding hydrogens is 209 g/mol. The van der Waals surface area contributed by atoms with Gasteiger partial charge in [0, 0.05) is 0 Å². The minimum Gasteiger partial charge on any atom is -0.480 e. The normalized spacial score (nSPS) is 13.9. The van der Waals surface area contributed by atoms with Crippen molar-refractivity contribution in [3.63, 3.8) is 0 Å². The van der Waals surface area contributed by atoms with Crippen LogP contribution in [0, 0.1) is 5.82 Å². The van der Waals surface area contributed by atoms with Crippen LogP contribution in [-0.4, -0.2) is 11.1 Å². The minimum atomic E-state index is -1.54. The molecule has 0 aliphatic carbocycles. The number of benzene rings is 1. The minimum absolute atomic E-state index is 0. The van der Waals surface area contributed by atoms with E-state index in [9.17, 15) is 9.18 Å². The smallest absolute Gasteiger partial charge is 0.328 e. The Balaban J connectivity index is 0.00000169. The first-order valence-electron chi connectivity index (χ1n) is 3.73. The summed E-state index contributed by atoms with van der Waals surface area (Å²) < 4.78 is 12.7. The Labute approximate surface area is 87.1 Å². The summed E-state index contributed by atoms with van der Waals surface area (Å²) in [5.41, 5.74) is 4.19. The summed E-state index contributed by atoms with van der Waals surface area (Å²) in [6, 6.07) is 5.27. The molecule has 0 radical (unpaired) electrons. The van der Waals surface area contributed by atoms with Gasteiger partial charge in [0.2, 0.25) is 0 Å². The van der Waals surface area contributed by atoms with Crippen LogP contribution in [0.4, 0.5) is 4.39 Å². The summed E-state index contributed by atoms with van der Waals surface area (Å²) >= 11 is 0. The number of carbonyl (C=O) groups is 1. The number of hydrogen-bond acceptors (Lipinski definition) is 2. The zero-order chi connectivity index (χ0) is 10.1. The number of carboxylic acid groups (broad SMARTS) is 1. The highest BCUT2D eigenvalue weighted by Crippen LogP contribution is 2.18. The highest BCUT2D eigenvalue weighted by molar-refractivity contribution is 5.85. The number of hydrogen-bond donors (Lipinski definition) is 2. The van der Waals surface area contributed by atoms with Crippen LogP contribution in [-0.2, 0) is 10.3 Å². The average Bonchev–Trinajstić information content (AvgIpc) is 2.04. The highest BCUT2D eigenvalue weighted by atomic mass is 35.5. The fraction of sp³-hybridized carbons (Fsp3) is 0.222. The highest BCUT2D eigenvalue weighted by Gasteiger charge is 2.30. The lowest BCUT2D eigenvalue weighted by Crippen LogP contribution is -2.41.